The Balaban J connectivity index is 1.70. The Labute approximate surface area is 239 Å². The van der Waals surface area contributed by atoms with Gasteiger partial charge in [-0.25, -0.2) is 8.42 Å². The van der Waals surface area contributed by atoms with Crippen molar-refractivity contribution in [2.24, 2.45) is 0 Å². The van der Waals surface area contributed by atoms with Crippen molar-refractivity contribution in [3.05, 3.63) is 101 Å². The number of nitrogens with zero attached hydrogens (tertiary/aromatic N) is 2. The summed E-state index contributed by atoms with van der Waals surface area (Å²) in [6.07, 6.45) is 5.36. The fourth-order valence-electron chi connectivity index (χ4n) is 4.92. The van der Waals surface area contributed by atoms with Gasteiger partial charge in [-0.3, -0.25) is 13.9 Å². The van der Waals surface area contributed by atoms with Gasteiger partial charge in [-0.15, -0.1) is 0 Å². The first kappa shape index (κ1) is 28.8. The summed E-state index contributed by atoms with van der Waals surface area (Å²) < 4.78 is 27.6. The first-order valence-corrected chi connectivity index (χ1v) is 15.8. The highest BCUT2D eigenvalue weighted by molar-refractivity contribution is 9.10. The molecular formula is C30H34BrN3O4S. The zero-order valence-electron chi connectivity index (χ0n) is 22.0. The Morgan fingerprint density at radius 3 is 2.08 bits per heavy atom. The molecule has 0 saturated heterocycles. The monoisotopic (exact) mass is 611 g/mol. The maximum absolute atomic E-state index is 14.0. The maximum atomic E-state index is 14.0. The van der Waals surface area contributed by atoms with Crippen LogP contribution in [0.4, 0.5) is 5.69 Å². The molecule has 0 aromatic heterocycles. The van der Waals surface area contributed by atoms with E-state index in [0.29, 0.717) is 12.1 Å². The van der Waals surface area contributed by atoms with Crippen molar-refractivity contribution in [1.82, 2.24) is 10.2 Å². The summed E-state index contributed by atoms with van der Waals surface area (Å²) in [7, 11) is -3.77. The molecule has 1 atom stereocenters. The van der Waals surface area contributed by atoms with Gasteiger partial charge in [0.05, 0.1) is 11.9 Å². The standard InChI is InChI=1S/C30H34BrN3O4S/c1-39(37,38)34(27-14-6-3-7-15-27)22-29(35)33(21-24-16-18-25(31)19-17-24)28(20-23-10-4-2-5-11-23)30(36)32-26-12-8-9-13-26/h2-7,10-11,14-19,26,28H,8-9,12-13,20-22H2,1H3,(H,32,36). The predicted molar refractivity (Wildman–Crippen MR) is 158 cm³/mol. The zero-order valence-corrected chi connectivity index (χ0v) is 24.4. The van der Waals surface area contributed by atoms with Crippen molar-refractivity contribution in [3.63, 3.8) is 0 Å². The van der Waals surface area contributed by atoms with E-state index >= 15 is 0 Å². The number of amides is 2. The number of benzene rings is 3. The molecule has 1 fully saturated rings. The minimum atomic E-state index is -3.77. The number of sulfonamides is 1. The molecule has 0 heterocycles. The Morgan fingerprint density at radius 1 is 0.897 bits per heavy atom. The quantitative estimate of drug-likeness (QED) is 0.334. The lowest BCUT2D eigenvalue weighted by molar-refractivity contribution is -0.140. The zero-order chi connectivity index (χ0) is 27.8. The molecule has 1 saturated carbocycles. The van der Waals surface area contributed by atoms with E-state index in [0.717, 1.165) is 51.8 Å². The van der Waals surface area contributed by atoms with E-state index in [4.69, 9.17) is 0 Å². The second-order valence-corrected chi connectivity index (χ2v) is 12.8. The van der Waals surface area contributed by atoms with Gasteiger partial charge in [-0.1, -0.05) is 89.4 Å². The van der Waals surface area contributed by atoms with Gasteiger partial charge >= 0.3 is 0 Å². The lowest BCUT2D eigenvalue weighted by atomic mass is 10.0. The van der Waals surface area contributed by atoms with Crippen molar-refractivity contribution in [2.75, 3.05) is 17.1 Å². The molecule has 2 amide bonds. The SMILES string of the molecule is CS(=O)(=O)N(CC(=O)N(Cc1ccc(Br)cc1)C(Cc1ccccc1)C(=O)NC1CCCC1)c1ccccc1. The highest BCUT2D eigenvalue weighted by atomic mass is 79.9. The Morgan fingerprint density at radius 2 is 1.49 bits per heavy atom. The van der Waals surface area contributed by atoms with Gasteiger partial charge in [0.15, 0.2) is 0 Å². The van der Waals surface area contributed by atoms with Gasteiger partial charge in [0.2, 0.25) is 21.8 Å². The molecule has 1 N–H and O–H groups in total. The molecule has 3 aromatic carbocycles. The molecule has 7 nitrogen and oxygen atoms in total. The van der Waals surface area contributed by atoms with Crippen LogP contribution in [-0.2, 0) is 32.6 Å². The third-order valence-corrected chi connectivity index (χ3v) is 8.63. The average Bonchev–Trinajstić information content (AvgIpc) is 3.43. The minimum Gasteiger partial charge on any atom is -0.352 e. The first-order valence-electron chi connectivity index (χ1n) is 13.1. The second kappa shape index (κ2) is 13.3. The van der Waals surface area contributed by atoms with Crippen LogP contribution in [0.2, 0.25) is 0 Å². The minimum absolute atomic E-state index is 0.0808. The summed E-state index contributed by atoms with van der Waals surface area (Å²) in [6.45, 7) is -0.254. The first-order chi connectivity index (χ1) is 18.7. The molecule has 1 aliphatic carbocycles. The molecule has 9 heteroatoms. The van der Waals surface area contributed by atoms with Crippen molar-refractivity contribution in [2.45, 2.75) is 50.7 Å². The number of carbonyl (C=O) groups excluding carboxylic acids is 2. The van der Waals surface area contributed by atoms with Gasteiger partial charge < -0.3 is 10.2 Å². The van der Waals surface area contributed by atoms with E-state index in [1.807, 2.05) is 54.6 Å². The molecular weight excluding hydrogens is 578 g/mol. The normalized spacial score (nSPS) is 14.5. The summed E-state index contributed by atoms with van der Waals surface area (Å²) in [5, 5.41) is 3.17. The molecule has 0 spiro atoms. The van der Waals surface area contributed by atoms with Crippen LogP contribution in [0.3, 0.4) is 0 Å². The predicted octanol–water partition coefficient (Wildman–Crippen LogP) is 4.91. The van der Waals surface area contributed by atoms with Crippen molar-refractivity contribution in [1.29, 1.82) is 0 Å². The molecule has 3 aromatic rings. The van der Waals surface area contributed by atoms with E-state index in [2.05, 4.69) is 21.2 Å². The number of nitrogens with one attached hydrogen (secondary N) is 1. The molecule has 206 valence electrons. The molecule has 1 aliphatic rings. The van der Waals surface area contributed by atoms with Gasteiger partial charge in [-0.2, -0.15) is 0 Å². The van der Waals surface area contributed by atoms with Gasteiger partial charge in [0.25, 0.3) is 0 Å². The summed E-state index contributed by atoms with van der Waals surface area (Å²) in [5.74, 6) is -0.670. The topological polar surface area (TPSA) is 86.8 Å². The summed E-state index contributed by atoms with van der Waals surface area (Å²) in [6, 6.07) is 25.0. The smallest absolute Gasteiger partial charge is 0.244 e. The van der Waals surface area contributed by atoms with E-state index in [1.54, 1.807) is 30.3 Å². The molecule has 0 aliphatic heterocycles. The molecule has 39 heavy (non-hydrogen) atoms. The highest BCUT2D eigenvalue weighted by Crippen LogP contribution is 2.22. The molecule has 0 radical (unpaired) electrons. The molecule has 0 bridgehead atoms. The van der Waals surface area contributed by atoms with Crippen molar-refractivity contribution in [3.8, 4) is 0 Å². The summed E-state index contributed by atoms with van der Waals surface area (Å²) in [4.78, 5) is 29.4. The van der Waals surface area contributed by atoms with E-state index < -0.39 is 28.5 Å². The second-order valence-electron chi connectivity index (χ2n) is 9.95. The van der Waals surface area contributed by atoms with Crippen LogP contribution in [0, 0.1) is 0 Å². The van der Waals surface area contributed by atoms with Gasteiger partial charge in [0.1, 0.15) is 12.6 Å². The van der Waals surface area contributed by atoms with Crippen LogP contribution in [0.15, 0.2) is 89.4 Å². The van der Waals surface area contributed by atoms with Gasteiger partial charge in [-0.05, 0) is 48.2 Å². The number of halogens is 1. The lowest BCUT2D eigenvalue weighted by Gasteiger charge is -2.34. The third kappa shape index (κ3) is 8.16. The Kier molecular flexibility index (Phi) is 9.80. The van der Waals surface area contributed by atoms with Crippen LogP contribution < -0.4 is 9.62 Å². The highest BCUT2D eigenvalue weighted by Gasteiger charge is 2.34. The summed E-state index contributed by atoms with van der Waals surface area (Å²) in [5.41, 5.74) is 2.15. The van der Waals surface area contributed by atoms with Gasteiger partial charge in [0, 0.05) is 23.5 Å². The maximum Gasteiger partial charge on any atom is 0.244 e. The summed E-state index contributed by atoms with van der Waals surface area (Å²) >= 11 is 3.45. The number of hydrogen-bond acceptors (Lipinski definition) is 4. The fourth-order valence-corrected chi connectivity index (χ4v) is 6.03. The van der Waals surface area contributed by atoms with Crippen LogP contribution in [0.1, 0.15) is 36.8 Å². The van der Waals surface area contributed by atoms with Crippen LogP contribution in [0.25, 0.3) is 0 Å². The number of rotatable bonds is 11. The lowest BCUT2D eigenvalue weighted by Crippen LogP contribution is -2.54. The van der Waals surface area contributed by atoms with Crippen LogP contribution in [0.5, 0.6) is 0 Å². The van der Waals surface area contributed by atoms with E-state index in [-0.39, 0.29) is 18.5 Å². The third-order valence-electron chi connectivity index (χ3n) is 6.96. The van der Waals surface area contributed by atoms with Crippen LogP contribution >= 0.6 is 15.9 Å². The van der Waals surface area contributed by atoms with E-state index in [1.165, 1.54) is 4.90 Å². The number of carbonyl (C=O) groups is 2. The largest absolute Gasteiger partial charge is 0.352 e. The molecule has 4 rings (SSSR count). The number of hydrogen-bond donors (Lipinski definition) is 1. The molecule has 1 unspecified atom stereocenters. The Bertz CT molecular complexity index is 1350. The Hall–Kier alpha value is -3.17. The number of para-hydroxylation sites is 1. The van der Waals surface area contributed by atoms with Crippen molar-refractivity contribution < 1.29 is 18.0 Å². The van der Waals surface area contributed by atoms with E-state index in [9.17, 15) is 18.0 Å². The van der Waals surface area contributed by atoms with Crippen molar-refractivity contribution >= 4 is 43.5 Å². The fraction of sp³-hybridized carbons (Fsp3) is 0.333. The average molecular weight is 613 g/mol. The van der Waals surface area contributed by atoms with Crippen LogP contribution in [-0.4, -0.2) is 50.0 Å². The number of anilines is 1.